The summed E-state index contributed by atoms with van der Waals surface area (Å²) >= 11 is 5.29. The standard InChI is InChI=1S/C11H11O4.C9H8ClO.C9H8F3O3S.C9H10NO.C9H9O2.C9H11.6H3P.6Y/c1-7-4-8(2)6-9(5-7)10(12)15-11(13)14-3;1-6-3-7(2)5-8(4-6)9(10)11;1-6-3-7(2)5-8(4-6)15-16(13,14)9(10,11)12;2*1-6-3-7(2)5-8(4-6)9(10)11;1-7-4-8(2)6-9(3)5-7;;;;;;;;;;;;/h5-6H,1-3H3;4-5H,1-2H3;4-5H,1-2H3;4-5H,1-2H3,(H2,10,11);4-5H,1-2H3,(H,10,11);4-5H,1-3H3;6*1H3;;;;;;/q6*-1;;;;;;;;;;;;. The van der Waals surface area contributed by atoms with Crippen LogP contribution >= 0.6 is 71.0 Å². The van der Waals surface area contributed by atoms with E-state index in [0.717, 1.165) is 63.8 Å². The molecule has 0 heterocycles. The van der Waals surface area contributed by atoms with E-state index in [0.29, 0.717) is 33.4 Å². The van der Waals surface area contributed by atoms with E-state index in [9.17, 15) is 45.6 Å². The van der Waals surface area contributed by atoms with Crippen LogP contribution in [-0.4, -0.2) is 55.4 Å². The number of primary amides is 1. The normalized spacial score (nSPS) is 8.82. The fraction of sp³-hybridized carbons (Fsp3) is 0.268. The number of amides is 1. The number of aromatic carboxylic acids is 1. The minimum absolute atomic E-state index is 0. The summed E-state index contributed by atoms with van der Waals surface area (Å²) in [4.78, 5) is 54.0. The molecule has 0 aliphatic carbocycles. The molecule has 0 saturated carbocycles. The van der Waals surface area contributed by atoms with E-state index in [2.05, 4.69) is 83.0 Å². The number of hydrogen-bond acceptors (Lipinski definition) is 10. The molecule has 1 amide bonds. The molecule has 0 aliphatic rings. The number of benzene rings is 6. The van der Waals surface area contributed by atoms with Crippen LogP contribution in [-0.2, 0) is 216 Å². The quantitative estimate of drug-likeness (QED) is 0.0306. The number of nitrogens with two attached hydrogens (primary N) is 1. The molecule has 0 spiro atoms. The van der Waals surface area contributed by atoms with Crippen molar-refractivity contribution in [3.63, 3.8) is 0 Å². The number of alkyl halides is 3. The Morgan fingerprint density at radius 2 is 0.706 bits per heavy atom. The van der Waals surface area contributed by atoms with Crippen LogP contribution in [0.25, 0.3) is 0 Å². The molecule has 0 bridgehead atoms. The number of rotatable bonds is 6. The molecular weight excluding hydrogens is 1710 g/mol. The summed E-state index contributed by atoms with van der Waals surface area (Å²) in [6.45, 7) is 24.2. The summed E-state index contributed by atoms with van der Waals surface area (Å²) in [5.41, 5.74) is 13.3. The molecule has 6 aromatic rings. The van der Waals surface area contributed by atoms with Gasteiger partial charge in [-0.15, -0.1) is 12.1 Å². The molecule has 29 heteroatoms. The van der Waals surface area contributed by atoms with Crippen LogP contribution in [0.5, 0.6) is 5.75 Å². The van der Waals surface area contributed by atoms with E-state index >= 15 is 0 Å². The fourth-order valence-corrected chi connectivity index (χ4v) is 6.97. The van der Waals surface area contributed by atoms with Gasteiger partial charge in [0.2, 0.25) is 11.1 Å². The molecule has 85 heavy (non-hydrogen) atoms. The van der Waals surface area contributed by atoms with Gasteiger partial charge in [0.15, 0.2) is 0 Å². The van der Waals surface area contributed by atoms with Crippen molar-refractivity contribution in [1.29, 1.82) is 0 Å². The van der Waals surface area contributed by atoms with Gasteiger partial charge >= 0.3 is 33.7 Å². The van der Waals surface area contributed by atoms with Crippen LogP contribution in [0.1, 0.15) is 114 Å². The first-order valence-electron chi connectivity index (χ1n) is 21.6. The van der Waals surface area contributed by atoms with Gasteiger partial charge < -0.3 is 24.5 Å². The zero-order valence-electron chi connectivity index (χ0n) is 50.7. The second-order valence-electron chi connectivity index (χ2n) is 16.4. The summed E-state index contributed by atoms with van der Waals surface area (Å²) in [6.07, 6.45) is -1.01. The predicted molar refractivity (Wildman–Crippen MR) is 339 cm³/mol. The molecular formula is C56H75ClF3NO11P6SY6-6. The van der Waals surface area contributed by atoms with Crippen LogP contribution in [0.15, 0.2) is 72.8 Å². The van der Waals surface area contributed by atoms with Gasteiger partial charge in [-0.05, 0) is 22.7 Å². The molecule has 6 atom stereocenters. The number of carboxylic acid groups (broad SMARTS) is 1. The van der Waals surface area contributed by atoms with Crippen molar-refractivity contribution in [2.24, 2.45) is 5.73 Å². The Bertz CT molecular complexity index is 2790. The van der Waals surface area contributed by atoms with E-state index in [1.165, 1.54) is 16.7 Å². The van der Waals surface area contributed by atoms with Gasteiger partial charge in [0, 0.05) is 202 Å². The van der Waals surface area contributed by atoms with Crippen LogP contribution in [0, 0.1) is 126 Å². The van der Waals surface area contributed by atoms with Crippen molar-refractivity contribution in [2.75, 3.05) is 7.11 Å². The molecule has 6 aromatic carbocycles. The summed E-state index contributed by atoms with van der Waals surface area (Å²) in [5.74, 6) is -2.36. The minimum Gasteiger partial charge on any atom is -0.479 e. The van der Waals surface area contributed by atoms with E-state index in [-0.39, 0.29) is 267 Å². The number of methoxy groups -OCH3 is 1. The molecule has 458 valence electrons. The van der Waals surface area contributed by atoms with Crippen molar-refractivity contribution in [1.82, 2.24) is 0 Å². The summed E-state index contributed by atoms with van der Waals surface area (Å²) in [6, 6.07) is 38.0. The number of carbonyl (C=O) groups is 5. The summed E-state index contributed by atoms with van der Waals surface area (Å²) < 4.78 is 69.9. The van der Waals surface area contributed by atoms with Gasteiger partial charge in [-0.3, -0.25) is 9.59 Å². The molecule has 0 aromatic heterocycles. The maximum Gasteiger partial charge on any atom is 0.534 e. The number of ether oxygens (including phenoxy) is 2. The molecule has 6 rings (SSSR count). The van der Waals surface area contributed by atoms with Crippen LogP contribution in [0.4, 0.5) is 18.0 Å². The third-order valence-electron chi connectivity index (χ3n) is 8.77. The molecule has 3 N–H and O–H groups in total. The third-order valence-corrected chi connectivity index (χ3v) is 9.97. The van der Waals surface area contributed by atoms with Crippen molar-refractivity contribution in [3.8, 4) is 5.75 Å². The van der Waals surface area contributed by atoms with Crippen molar-refractivity contribution >= 4 is 110 Å². The Labute approximate surface area is 678 Å². The number of carboxylic acids is 1. The molecule has 0 saturated heterocycles. The first-order chi connectivity index (χ1) is 33.6. The number of hydrogen-bond donors (Lipinski definition) is 2. The van der Waals surface area contributed by atoms with E-state index in [4.69, 9.17) is 22.4 Å². The second-order valence-corrected chi connectivity index (χ2v) is 18.3. The first-order valence-corrected chi connectivity index (χ1v) is 23.4. The SMILES string of the molecule is COC(=O)OC(=O)c1cc(C)[c-]c(C)c1.Cc1[c-]c(C)cc(C(=O)Cl)c1.Cc1[c-]c(C)cc(C(=O)O)c1.Cc1[c-]c(C)cc(C(N)=O)c1.Cc1[c-]c(C)cc(C)c1.Cc1[c-]c(C)cc(OS(=O)(=O)C(F)(F)F)c1.P.P.P.P.P.P.[Y].[Y].[Y].[Y].[Y].[Y]. The largest absolute Gasteiger partial charge is 0.534 e. The van der Waals surface area contributed by atoms with Crippen molar-refractivity contribution in [2.45, 2.75) is 95.5 Å². The third kappa shape index (κ3) is 50.1. The van der Waals surface area contributed by atoms with E-state index < -0.39 is 39.0 Å². The Morgan fingerprint density at radius 3 is 0.941 bits per heavy atom. The van der Waals surface area contributed by atoms with Gasteiger partial charge in [0.25, 0.3) is 0 Å². The van der Waals surface area contributed by atoms with Gasteiger partial charge in [-0.25, -0.2) is 14.4 Å². The molecule has 0 aliphatic heterocycles. The van der Waals surface area contributed by atoms with Gasteiger partial charge in [-0.2, -0.15) is 250 Å². The van der Waals surface area contributed by atoms with E-state index in [1.807, 2.05) is 55.4 Å². The van der Waals surface area contributed by atoms with Crippen molar-refractivity contribution in [3.05, 3.63) is 204 Å². The summed E-state index contributed by atoms with van der Waals surface area (Å²) in [7, 11) is -4.45. The molecule has 6 radical (unpaired) electrons. The predicted octanol–water partition coefficient (Wildman–Crippen LogP) is 12.6. The maximum atomic E-state index is 12.0. The van der Waals surface area contributed by atoms with Gasteiger partial charge in [-0.1, -0.05) is 101 Å². The Kier molecular flexibility index (Phi) is 77.1. The molecule has 12 nitrogen and oxygen atoms in total. The second kappa shape index (κ2) is 57.4. The topological polar surface area (TPSA) is 193 Å². The monoisotopic (exact) mass is 1780 g/mol. The van der Waals surface area contributed by atoms with E-state index in [1.54, 1.807) is 62.4 Å². The summed E-state index contributed by atoms with van der Waals surface area (Å²) in [5, 5.41) is 8.21. The van der Waals surface area contributed by atoms with Crippen LogP contribution in [0.2, 0.25) is 0 Å². The van der Waals surface area contributed by atoms with Gasteiger partial charge in [0.1, 0.15) is 0 Å². The molecule has 0 fully saturated rings. The Hall–Kier alpha value is 1.90. The smallest absolute Gasteiger partial charge is 0.479 e. The van der Waals surface area contributed by atoms with Crippen molar-refractivity contribution < 1.29 is 261 Å². The average Bonchev–Trinajstić information content (AvgIpc) is 3.22. The average molecular weight is 1780 g/mol. The fourth-order valence-electron chi connectivity index (χ4n) is 6.42. The zero-order valence-corrected chi connectivity index (χ0v) is 77.7. The first kappa shape index (κ1) is 114. The minimum atomic E-state index is -5.60. The van der Waals surface area contributed by atoms with Gasteiger partial charge in [0.05, 0.1) is 7.11 Å². The zero-order chi connectivity index (χ0) is 56.1. The number of aryl methyl sites for hydroxylation is 13. The Morgan fingerprint density at radius 1 is 0.459 bits per heavy atom. The maximum absolute atomic E-state index is 12.0. The number of esters is 1. The van der Waals surface area contributed by atoms with Crippen LogP contribution < -0.4 is 9.92 Å². The number of halogens is 4. The van der Waals surface area contributed by atoms with Crippen LogP contribution in [0.3, 0.4) is 0 Å². The Balaban J connectivity index is -0.0000000738. The molecule has 6 unspecified atom stereocenters. The number of carbonyl (C=O) groups excluding carboxylic acids is 4.